The van der Waals surface area contributed by atoms with Gasteiger partial charge in [-0.2, -0.15) is 18.3 Å². The average molecular weight is 381 g/mol. The Kier molecular flexibility index (Phi) is 4.37. The van der Waals surface area contributed by atoms with Crippen molar-refractivity contribution < 1.29 is 21.6 Å². The van der Waals surface area contributed by atoms with Crippen molar-refractivity contribution in [1.29, 1.82) is 0 Å². The molecule has 0 atom stereocenters. The molecule has 26 heavy (non-hydrogen) atoms. The van der Waals surface area contributed by atoms with Crippen LogP contribution >= 0.6 is 0 Å². The van der Waals surface area contributed by atoms with Crippen LogP contribution in [0.3, 0.4) is 0 Å². The molecule has 0 bridgehead atoms. The van der Waals surface area contributed by atoms with Gasteiger partial charge in [0.25, 0.3) is 0 Å². The third kappa shape index (κ3) is 3.49. The molecule has 0 fully saturated rings. The molecule has 0 saturated carbocycles. The van der Waals surface area contributed by atoms with Crippen LogP contribution in [-0.4, -0.2) is 18.6 Å². The maximum atomic E-state index is 13.4. The van der Waals surface area contributed by atoms with Crippen LogP contribution in [0.4, 0.5) is 13.2 Å². The number of H-pyrrole nitrogens is 1. The van der Waals surface area contributed by atoms with E-state index in [4.69, 9.17) is 5.14 Å². The molecule has 9 heteroatoms. The van der Waals surface area contributed by atoms with Gasteiger partial charge in [0.15, 0.2) is 5.69 Å². The fraction of sp³-hybridized carbons (Fsp3) is 0.118. The Bertz CT molecular complexity index is 1040. The smallest absolute Gasteiger partial charge is 0.277 e. The average Bonchev–Trinajstić information content (AvgIpc) is 3.00. The molecule has 0 aliphatic carbocycles. The molecular formula is C17H14F3N3O2S. The number of alkyl halides is 3. The van der Waals surface area contributed by atoms with E-state index in [0.29, 0.717) is 5.56 Å². The van der Waals surface area contributed by atoms with Gasteiger partial charge in [-0.25, -0.2) is 13.6 Å². The molecule has 5 nitrogen and oxygen atoms in total. The first-order valence-electron chi connectivity index (χ1n) is 7.43. The molecule has 0 amide bonds. The first-order valence-corrected chi connectivity index (χ1v) is 8.98. The van der Waals surface area contributed by atoms with Crippen LogP contribution in [-0.2, 0) is 16.2 Å². The van der Waals surface area contributed by atoms with E-state index in [1.165, 1.54) is 12.1 Å². The monoisotopic (exact) mass is 381 g/mol. The minimum Gasteiger partial charge on any atom is -0.277 e. The predicted molar refractivity (Wildman–Crippen MR) is 90.6 cm³/mol. The van der Waals surface area contributed by atoms with Crippen molar-refractivity contribution >= 4 is 10.0 Å². The zero-order valence-corrected chi connectivity index (χ0v) is 14.3. The number of rotatable bonds is 3. The van der Waals surface area contributed by atoms with E-state index < -0.39 is 21.9 Å². The first kappa shape index (κ1) is 18.2. The van der Waals surface area contributed by atoms with E-state index in [1.54, 1.807) is 24.3 Å². The minimum atomic E-state index is -4.67. The lowest BCUT2D eigenvalue weighted by molar-refractivity contribution is -0.140. The maximum Gasteiger partial charge on any atom is 0.435 e. The zero-order valence-electron chi connectivity index (χ0n) is 13.5. The molecule has 1 aromatic heterocycles. The molecule has 3 rings (SSSR count). The van der Waals surface area contributed by atoms with E-state index in [-0.39, 0.29) is 21.7 Å². The highest BCUT2D eigenvalue weighted by Gasteiger charge is 2.38. The normalized spacial score (nSPS) is 12.3. The van der Waals surface area contributed by atoms with Gasteiger partial charge in [0.05, 0.1) is 10.6 Å². The first-order chi connectivity index (χ1) is 12.1. The lowest BCUT2D eigenvalue weighted by atomic mass is 9.98. The van der Waals surface area contributed by atoms with Crippen LogP contribution in [0.5, 0.6) is 0 Å². The highest BCUT2D eigenvalue weighted by atomic mass is 32.2. The molecule has 3 N–H and O–H groups in total. The molecule has 3 aromatic rings. The van der Waals surface area contributed by atoms with Crippen molar-refractivity contribution in [3.8, 4) is 22.4 Å². The second-order valence-electron chi connectivity index (χ2n) is 5.76. The number of aromatic amines is 1. The highest BCUT2D eigenvalue weighted by Crippen LogP contribution is 2.41. The molecule has 0 saturated heterocycles. The van der Waals surface area contributed by atoms with E-state index in [9.17, 15) is 21.6 Å². The number of hydrogen-bond acceptors (Lipinski definition) is 3. The van der Waals surface area contributed by atoms with Crippen LogP contribution in [0.25, 0.3) is 22.4 Å². The number of nitrogens with zero attached hydrogens (tertiary/aromatic N) is 1. The summed E-state index contributed by atoms with van der Waals surface area (Å²) in [6.45, 7) is 1.87. The quantitative estimate of drug-likeness (QED) is 0.725. The van der Waals surface area contributed by atoms with Crippen LogP contribution in [0, 0.1) is 6.92 Å². The number of benzene rings is 2. The summed E-state index contributed by atoms with van der Waals surface area (Å²) in [4.78, 5) is -0.185. The van der Waals surface area contributed by atoms with Crippen molar-refractivity contribution in [2.75, 3.05) is 0 Å². The van der Waals surface area contributed by atoms with Crippen LogP contribution < -0.4 is 5.14 Å². The number of halogens is 3. The second-order valence-corrected chi connectivity index (χ2v) is 7.32. The molecule has 0 radical (unpaired) electrons. The summed E-state index contributed by atoms with van der Waals surface area (Å²) >= 11 is 0. The summed E-state index contributed by atoms with van der Waals surface area (Å²) in [6.07, 6.45) is -4.67. The third-order valence-electron chi connectivity index (χ3n) is 3.85. The van der Waals surface area contributed by atoms with Crippen molar-refractivity contribution in [3.63, 3.8) is 0 Å². The van der Waals surface area contributed by atoms with Crippen molar-refractivity contribution in [3.05, 3.63) is 59.8 Å². The van der Waals surface area contributed by atoms with Gasteiger partial charge in [-0.1, -0.05) is 42.0 Å². The Morgan fingerprint density at radius 3 is 2.00 bits per heavy atom. The summed E-state index contributed by atoms with van der Waals surface area (Å²) in [5.41, 5.74) is 0.640. The van der Waals surface area contributed by atoms with Crippen LogP contribution in [0.1, 0.15) is 11.3 Å². The fourth-order valence-corrected chi connectivity index (χ4v) is 3.08. The second kappa shape index (κ2) is 6.26. The van der Waals surface area contributed by atoms with Gasteiger partial charge < -0.3 is 0 Å². The number of nitrogens with two attached hydrogens (primary N) is 1. The lowest BCUT2D eigenvalue weighted by Gasteiger charge is -2.10. The van der Waals surface area contributed by atoms with Gasteiger partial charge in [-0.3, -0.25) is 5.10 Å². The Balaban J connectivity index is 2.21. The van der Waals surface area contributed by atoms with Gasteiger partial charge in [-0.05, 0) is 24.6 Å². The van der Waals surface area contributed by atoms with Crippen LogP contribution in [0.15, 0.2) is 53.4 Å². The van der Waals surface area contributed by atoms with Crippen molar-refractivity contribution in [2.45, 2.75) is 18.0 Å². The number of hydrogen-bond donors (Lipinski definition) is 2. The largest absolute Gasteiger partial charge is 0.435 e. The Morgan fingerprint density at radius 1 is 0.962 bits per heavy atom. The summed E-state index contributed by atoms with van der Waals surface area (Å²) in [6, 6.07) is 11.8. The molecule has 2 aromatic carbocycles. The Labute approximate surface area is 147 Å². The number of nitrogens with one attached hydrogen (secondary N) is 1. The topological polar surface area (TPSA) is 88.8 Å². The third-order valence-corrected chi connectivity index (χ3v) is 4.78. The lowest BCUT2D eigenvalue weighted by Crippen LogP contribution is -2.12. The van der Waals surface area contributed by atoms with Gasteiger partial charge >= 0.3 is 6.18 Å². The molecule has 0 aliphatic rings. The van der Waals surface area contributed by atoms with Gasteiger partial charge in [0, 0.05) is 11.1 Å². The summed E-state index contributed by atoms with van der Waals surface area (Å²) in [7, 11) is -3.94. The van der Waals surface area contributed by atoms with Crippen LogP contribution in [0.2, 0.25) is 0 Å². The summed E-state index contributed by atoms with van der Waals surface area (Å²) in [5.74, 6) is 0. The maximum absolute atomic E-state index is 13.4. The molecular weight excluding hydrogens is 367 g/mol. The molecule has 0 spiro atoms. The summed E-state index contributed by atoms with van der Waals surface area (Å²) < 4.78 is 62.9. The number of primary sulfonamides is 1. The number of aromatic nitrogens is 2. The molecule has 0 unspecified atom stereocenters. The van der Waals surface area contributed by atoms with E-state index in [1.807, 2.05) is 6.92 Å². The number of aryl methyl sites for hydroxylation is 1. The fourth-order valence-electron chi connectivity index (χ4n) is 2.57. The van der Waals surface area contributed by atoms with E-state index in [2.05, 4.69) is 10.2 Å². The standard InChI is InChI=1S/C17H14F3N3O2S/c1-10-2-4-12(5-3-10)15-14(16(23-22-15)17(18,19)20)11-6-8-13(9-7-11)26(21,24)25/h2-9H,1H3,(H,22,23)(H2,21,24,25). The Hall–Kier alpha value is -2.65. The highest BCUT2D eigenvalue weighted by molar-refractivity contribution is 7.89. The zero-order chi connectivity index (χ0) is 19.1. The molecule has 0 aliphatic heterocycles. The van der Waals surface area contributed by atoms with E-state index in [0.717, 1.165) is 17.7 Å². The van der Waals surface area contributed by atoms with E-state index >= 15 is 0 Å². The van der Waals surface area contributed by atoms with Crippen molar-refractivity contribution in [1.82, 2.24) is 10.2 Å². The van der Waals surface area contributed by atoms with Gasteiger partial charge in [-0.15, -0.1) is 0 Å². The SMILES string of the molecule is Cc1ccc(-c2[nH]nc(C(F)(F)F)c2-c2ccc(S(N)(=O)=O)cc2)cc1. The Morgan fingerprint density at radius 2 is 1.50 bits per heavy atom. The molecule has 136 valence electrons. The summed E-state index contributed by atoms with van der Waals surface area (Å²) in [5, 5.41) is 10.9. The van der Waals surface area contributed by atoms with Crippen molar-refractivity contribution in [2.24, 2.45) is 5.14 Å². The number of sulfonamides is 1. The minimum absolute atomic E-state index is 0.151. The predicted octanol–water partition coefficient (Wildman–Crippen LogP) is 3.72. The van der Waals surface area contributed by atoms with Gasteiger partial charge in [0.1, 0.15) is 0 Å². The van der Waals surface area contributed by atoms with Gasteiger partial charge in [0.2, 0.25) is 10.0 Å². The molecule has 1 heterocycles.